The zero-order chi connectivity index (χ0) is 20.1. The van der Waals surface area contributed by atoms with Crippen LogP contribution < -0.4 is 24.5 Å². The number of amides is 1. The van der Waals surface area contributed by atoms with E-state index in [4.69, 9.17) is 14.2 Å². The van der Waals surface area contributed by atoms with Gasteiger partial charge in [0.2, 0.25) is 11.8 Å². The number of benzene rings is 1. The molecule has 29 heavy (non-hydrogen) atoms. The molecule has 0 spiro atoms. The van der Waals surface area contributed by atoms with Crippen molar-refractivity contribution in [2.75, 3.05) is 37.8 Å². The van der Waals surface area contributed by atoms with Crippen molar-refractivity contribution in [3.63, 3.8) is 0 Å². The third-order valence-electron chi connectivity index (χ3n) is 4.53. The van der Waals surface area contributed by atoms with Gasteiger partial charge in [0, 0.05) is 24.8 Å². The minimum atomic E-state index is -0.377. The van der Waals surface area contributed by atoms with Gasteiger partial charge in [-0.05, 0) is 43.5 Å². The molecule has 2 aliphatic heterocycles. The summed E-state index contributed by atoms with van der Waals surface area (Å²) in [7, 11) is 0. The average molecular weight is 397 g/mol. The summed E-state index contributed by atoms with van der Waals surface area (Å²) in [4.78, 5) is 23.0. The van der Waals surface area contributed by atoms with Gasteiger partial charge in [0.15, 0.2) is 18.1 Å². The van der Waals surface area contributed by atoms with Crippen molar-refractivity contribution in [3.8, 4) is 17.4 Å². The second kappa shape index (κ2) is 8.76. The summed E-state index contributed by atoms with van der Waals surface area (Å²) in [6.45, 7) is 4.64. The Morgan fingerprint density at radius 2 is 2.00 bits per heavy atom. The van der Waals surface area contributed by atoms with Crippen LogP contribution in [0.1, 0.15) is 24.1 Å². The second-order valence-corrected chi connectivity index (χ2v) is 6.83. The minimum Gasteiger partial charge on any atom is -0.486 e. The highest BCUT2D eigenvalue weighted by Crippen LogP contribution is 2.30. The van der Waals surface area contributed by atoms with E-state index >= 15 is 0 Å². The number of aryl methyl sites for hydroxylation is 1. The summed E-state index contributed by atoms with van der Waals surface area (Å²) in [6, 6.07) is 7.18. The second-order valence-electron chi connectivity index (χ2n) is 6.83. The van der Waals surface area contributed by atoms with Gasteiger partial charge in [0.05, 0.1) is 6.21 Å². The molecule has 1 fully saturated rings. The van der Waals surface area contributed by atoms with Gasteiger partial charge in [0.25, 0.3) is 5.91 Å². The first-order valence-electron chi connectivity index (χ1n) is 9.62. The number of hydrazone groups is 1. The van der Waals surface area contributed by atoms with Gasteiger partial charge in [-0.3, -0.25) is 4.79 Å². The lowest BCUT2D eigenvalue weighted by Gasteiger charge is -2.18. The van der Waals surface area contributed by atoms with Gasteiger partial charge in [-0.25, -0.2) is 10.4 Å². The van der Waals surface area contributed by atoms with E-state index in [0.29, 0.717) is 36.5 Å². The molecule has 1 aromatic carbocycles. The zero-order valence-electron chi connectivity index (χ0n) is 16.3. The third-order valence-corrected chi connectivity index (χ3v) is 4.53. The first kappa shape index (κ1) is 19.0. The predicted molar refractivity (Wildman–Crippen MR) is 107 cm³/mol. The largest absolute Gasteiger partial charge is 0.486 e. The van der Waals surface area contributed by atoms with E-state index < -0.39 is 0 Å². The molecular formula is C20H23N5O4. The number of nitrogens with one attached hydrogen (secondary N) is 1. The molecule has 0 saturated carbocycles. The van der Waals surface area contributed by atoms with Crippen molar-refractivity contribution < 1.29 is 19.0 Å². The molecule has 0 unspecified atom stereocenters. The topological polar surface area (TPSA) is 98.2 Å². The van der Waals surface area contributed by atoms with E-state index in [-0.39, 0.29) is 12.5 Å². The molecule has 1 saturated heterocycles. The Bertz CT molecular complexity index is 912. The lowest BCUT2D eigenvalue weighted by Crippen LogP contribution is -2.25. The fourth-order valence-electron chi connectivity index (χ4n) is 3.15. The monoisotopic (exact) mass is 397 g/mol. The zero-order valence-corrected chi connectivity index (χ0v) is 16.3. The SMILES string of the molecule is Cc1cc(OCC(=O)NN=Cc2ccc3c(c2)OCCO3)nc(N2CCCC2)n1. The van der Waals surface area contributed by atoms with Crippen LogP contribution in [0.5, 0.6) is 17.4 Å². The van der Waals surface area contributed by atoms with Crippen molar-refractivity contribution in [2.24, 2.45) is 5.10 Å². The van der Waals surface area contributed by atoms with E-state index in [2.05, 4.69) is 25.4 Å². The molecule has 2 aliphatic rings. The van der Waals surface area contributed by atoms with E-state index in [1.807, 2.05) is 25.1 Å². The summed E-state index contributed by atoms with van der Waals surface area (Å²) in [5, 5.41) is 3.96. The highest BCUT2D eigenvalue weighted by atomic mass is 16.6. The van der Waals surface area contributed by atoms with E-state index in [1.54, 1.807) is 6.07 Å². The van der Waals surface area contributed by atoms with E-state index in [1.165, 1.54) is 6.21 Å². The normalized spacial score (nSPS) is 15.6. The Labute approximate surface area is 168 Å². The molecular weight excluding hydrogens is 374 g/mol. The first-order valence-corrected chi connectivity index (χ1v) is 9.62. The Balaban J connectivity index is 1.29. The summed E-state index contributed by atoms with van der Waals surface area (Å²) in [6.07, 6.45) is 3.81. The molecule has 1 aromatic heterocycles. The van der Waals surface area contributed by atoms with Crippen LogP contribution in [0.2, 0.25) is 0 Å². The number of carbonyl (C=O) groups is 1. The standard InChI is InChI=1S/C20H23N5O4/c1-14-10-19(23-20(22-14)25-6-2-3-7-25)29-13-18(26)24-21-12-15-4-5-16-17(11-15)28-9-8-27-16/h4-5,10-12H,2-3,6-9,13H2,1H3,(H,24,26). The molecule has 9 heteroatoms. The molecule has 0 aliphatic carbocycles. The molecule has 0 bridgehead atoms. The van der Waals surface area contributed by atoms with Crippen molar-refractivity contribution >= 4 is 18.1 Å². The first-order chi connectivity index (χ1) is 14.2. The van der Waals surface area contributed by atoms with Crippen LogP contribution in [0, 0.1) is 6.92 Å². The molecule has 152 valence electrons. The fourth-order valence-corrected chi connectivity index (χ4v) is 3.15. The van der Waals surface area contributed by atoms with Crippen LogP contribution in [-0.2, 0) is 4.79 Å². The van der Waals surface area contributed by atoms with Crippen molar-refractivity contribution in [1.82, 2.24) is 15.4 Å². The lowest BCUT2D eigenvalue weighted by atomic mass is 10.2. The van der Waals surface area contributed by atoms with Crippen molar-refractivity contribution in [1.29, 1.82) is 0 Å². The van der Waals surface area contributed by atoms with Crippen molar-refractivity contribution in [2.45, 2.75) is 19.8 Å². The van der Waals surface area contributed by atoms with Crippen LogP contribution in [0.25, 0.3) is 0 Å². The third kappa shape index (κ3) is 4.92. The maximum Gasteiger partial charge on any atom is 0.278 e. The number of carbonyl (C=O) groups excluding carboxylic acids is 1. The van der Waals surface area contributed by atoms with Crippen molar-refractivity contribution in [3.05, 3.63) is 35.5 Å². The van der Waals surface area contributed by atoms with Gasteiger partial charge in [-0.2, -0.15) is 10.1 Å². The number of rotatable bonds is 6. The van der Waals surface area contributed by atoms with Gasteiger partial charge in [0.1, 0.15) is 13.2 Å². The summed E-state index contributed by atoms with van der Waals surface area (Å²) in [5.74, 6) is 2.03. The van der Waals surface area contributed by atoms with Gasteiger partial charge in [-0.15, -0.1) is 0 Å². The highest BCUT2D eigenvalue weighted by Gasteiger charge is 2.16. The molecule has 0 atom stereocenters. The van der Waals surface area contributed by atoms with Gasteiger partial charge >= 0.3 is 0 Å². The van der Waals surface area contributed by atoms with E-state index in [0.717, 1.165) is 37.2 Å². The van der Waals surface area contributed by atoms with Crippen LogP contribution in [0.15, 0.2) is 29.4 Å². The maximum absolute atomic E-state index is 12.0. The number of hydrogen-bond donors (Lipinski definition) is 1. The molecule has 9 nitrogen and oxygen atoms in total. The average Bonchev–Trinajstić information content (AvgIpc) is 3.27. The smallest absolute Gasteiger partial charge is 0.278 e. The lowest BCUT2D eigenvalue weighted by molar-refractivity contribution is -0.123. The maximum atomic E-state index is 12.0. The number of anilines is 1. The molecule has 3 heterocycles. The van der Waals surface area contributed by atoms with Crippen LogP contribution in [-0.4, -0.2) is 55.0 Å². The highest BCUT2D eigenvalue weighted by molar-refractivity contribution is 5.83. The van der Waals surface area contributed by atoms with Crippen LogP contribution >= 0.6 is 0 Å². The number of ether oxygens (including phenoxy) is 3. The number of hydrogen-bond acceptors (Lipinski definition) is 8. The fraction of sp³-hybridized carbons (Fsp3) is 0.400. The number of aromatic nitrogens is 2. The minimum absolute atomic E-state index is 0.186. The molecule has 1 N–H and O–H groups in total. The summed E-state index contributed by atoms with van der Waals surface area (Å²) in [5.41, 5.74) is 4.03. The van der Waals surface area contributed by atoms with Crippen LogP contribution in [0.3, 0.4) is 0 Å². The number of nitrogens with zero attached hydrogens (tertiary/aromatic N) is 4. The molecule has 2 aromatic rings. The molecule has 4 rings (SSSR count). The van der Waals surface area contributed by atoms with Gasteiger partial charge < -0.3 is 19.1 Å². The number of fused-ring (bicyclic) bond motifs is 1. The Morgan fingerprint density at radius 3 is 2.83 bits per heavy atom. The summed E-state index contributed by atoms with van der Waals surface area (Å²) < 4.78 is 16.5. The van der Waals surface area contributed by atoms with Gasteiger partial charge in [-0.1, -0.05) is 0 Å². The molecule has 0 radical (unpaired) electrons. The quantitative estimate of drug-likeness (QED) is 0.585. The Kier molecular flexibility index (Phi) is 5.73. The Hall–Kier alpha value is -3.36. The predicted octanol–water partition coefficient (Wildman–Crippen LogP) is 1.69. The van der Waals surface area contributed by atoms with E-state index in [9.17, 15) is 4.79 Å². The Morgan fingerprint density at radius 1 is 1.21 bits per heavy atom. The van der Waals surface area contributed by atoms with Crippen LogP contribution in [0.4, 0.5) is 5.95 Å². The summed E-state index contributed by atoms with van der Waals surface area (Å²) >= 11 is 0. The molecule has 1 amide bonds.